The molecule has 1 aliphatic heterocycles. The summed E-state index contributed by atoms with van der Waals surface area (Å²) in [6.45, 7) is 4.18. The van der Waals surface area contributed by atoms with Crippen molar-refractivity contribution in [3.05, 3.63) is 65.7 Å². The molecule has 1 heterocycles. The molecule has 1 aliphatic rings. The van der Waals surface area contributed by atoms with Crippen molar-refractivity contribution >= 4 is 29.4 Å². The highest BCUT2D eigenvalue weighted by Crippen LogP contribution is 2.43. The fraction of sp³-hybridized carbons (Fsp3) is 0.400. The molecule has 2 aromatic rings. The zero-order valence-electron chi connectivity index (χ0n) is 18.0. The van der Waals surface area contributed by atoms with Crippen LogP contribution in [0.15, 0.2) is 59.5 Å². The summed E-state index contributed by atoms with van der Waals surface area (Å²) in [5, 5.41) is -0.873. The van der Waals surface area contributed by atoms with Crippen LogP contribution in [0, 0.1) is 0 Å². The average molecular weight is 440 g/mol. The van der Waals surface area contributed by atoms with Crippen molar-refractivity contribution in [2.24, 2.45) is 5.73 Å². The number of Topliss-reactive ketones (excluding diaryl/α,β-unsaturated/α-hetero) is 1. The van der Waals surface area contributed by atoms with Crippen LogP contribution in [0.1, 0.15) is 63.0 Å². The molecule has 1 amide bonds. The van der Waals surface area contributed by atoms with Gasteiger partial charge in [0, 0.05) is 11.3 Å². The number of rotatable bonds is 9. The maximum Gasteiger partial charge on any atom is 0.327 e. The minimum atomic E-state index is -0.998. The van der Waals surface area contributed by atoms with Crippen molar-refractivity contribution < 1.29 is 19.1 Å². The maximum absolute atomic E-state index is 13.2. The molecule has 2 N–H and O–H groups in total. The Morgan fingerprint density at radius 1 is 1.10 bits per heavy atom. The number of unbranched alkanes of at least 4 members (excludes halogenated alkanes) is 1. The number of nitrogens with two attached hydrogens (primary N) is 1. The van der Waals surface area contributed by atoms with E-state index in [0.29, 0.717) is 19.3 Å². The molecule has 2 aromatic carbocycles. The third-order valence-corrected chi connectivity index (χ3v) is 6.92. The standard InChI is InChI=1S/C25H29NO4S/c1-17(2)19-12-6-7-13-21(19)31-23-20(27)16-25(30-24(23)29,15-9-8-14-22(26)28)18-10-4-3-5-11-18/h3-7,10-13,17,23H,8-9,14-16H2,1-2H3,(H2,26,28). The number of esters is 1. The molecule has 0 aliphatic carbocycles. The van der Waals surface area contributed by atoms with E-state index in [1.807, 2.05) is 54.6 Å². The summed E-state index contributed by atoms with van der Waals surface area (Å²) < 4.78 is 6.03. The largest absolute Gasteiger partial charge is 0.453 e. The van der Waals surface area contributed by atoms with Crippen molar-refractivity contribution in [1.29, 1.82) is 0 Å². The van der Waals surface area contributed by atoms with Crippen molar-refractivity contribution in [2.75, 3.05) is 0 Å². The summed E-state index contributed by atoms with van der Waals surface area (Å²) >= 11 is 1.28. The summed E-state index contributed by atoms with van der Waals surface area (Å²) in [4.78, 5) is 38.3. The second-order valence-electron chi connectivity index (χ2n) is 8.29. The van der Waals surface area contributed by atoms with Gasteiger partial charge in [-0.25, -0.2) is 0 Å². The Hall–Kier alpha value is -2.60. The summed E-state index contributed by atoms with van der Waals surface area (Å²) in [6.07, 6.45) is 2.10. The van der Waals surface area contributed by atoms with Gasteiger partial charge in [-0.2, -0.15) is 0 Å². The van der Waals surface area contributed by atoms with Crippen LogP contribution in [0.4, 0.5) is 0 Å². The van der Waals surface area contributed by atoms with Crippen LogP contribution in [-0.2, 0) is 24.7 Å². The highest BCUT2D eigenvalue weighted by molar-refractivity contribution is 8.01. The Labute approximate surface area is 187 Å². The number of cyclic esters (lactones) is 1. The van der Waals surface area contributed by atoms with Crippen LogP contribution in [-0.4, -0.2) is 22.9 Å². The maximum atomic E-state index is 13.2. The number of ketones is 1. The van der Waals surface area contributed by atoms with E-state index in [-0.39, 0.29) is 30.4 Å². The van der Waals surface area contributed by atoms with E-state index in [1.54, 1.807) is 0 Å². The molecule has 2 unspecified atom stereocenters. The Bertz CT molecular complexity index is 924. The molecular weight excluding hydrogens is 410 g/mol. The molecule has 3 rings (SSSR count). The first-order valence-electron chi connectivity index (χ1n) is 10.7. The van der Waals surface area contributed by atoms with Gasteiger partial charge in [-0.15, -0.1) is 11.8 Å². The predicted molar refractivity (Wildman–Crippen MR) is 122 cm³/mol. The van der Waals surface area contributed by atoms with E-state index < -0.39 is 16.8 Å². The van der Waals surface area contributed by atoms with E-state index in [4.69, 9.17) is 10.5 Å². The minimum absolute atomic E-state index is 0.126. The lowest BCUT2D eigenvalue weighted by molar-refractivity contribution is -0.172. The molecule has 5 nitrogen and oxygen atoms in total. The number of hydrogen-bond acceptors (Lipinski definition) is 5. The summed E-state index contributed by atoms with van der Waals surface area (Å²) in [7, 11) is 0. The van der Waals surface area contributed by atoms with Gasteiger partial charge < -0.3 is 10.5 Å². The molecule has 0 radical (unpaired) electrons. The SMILES string of the molecule is CC(C)c1ccccc1SC1C(=O)CC(CCCCC(N)=O)(c2ccccc2)OC1=O. The number of carbonyl (C=O) groups is 3. The first-order valence-corrected chi connectivity index (χ1v) is 11.6. The van der Waals surface area contributed by atoms with Crippen LogP contribution >= 0.6 is 11.8 Å². The summed E-state index contributed by atoms with van der Waals surface area (Å²) in [5.41, 5.74) is 6.16. The topological polar surface area (TPSA) is 86.5 Å². The normalized spacial score (nSPS) is 21.2. The van der Waals surface area contributed by atoms with E-state index in [0.717, 1.165) is 16.0 Å². The molecule has 31 heavy (non-hydrogen) atoms. The number of primary amides is 1. The zero-order valence-corrected chi connectivity index (χ0v) is 18.8. The van der Waals surface area contributed by atoms with Crippen molar-refractivity contribution in [2.45, 2.75) is 67.6 Å². The fourth-order valence-corrected chi connectivity index (χ4v) is 5.20. The molecule has 0 aromatic heterocycles. The molecule has 164 valence electrons. The quantitative estimate of drug-likeness (QED) is 0.347. The zero-order chi connectivity index (χ0) is 22.4. The van der Waals surface area contributed by atoms with Crippen LogP contribution in [0.3, 0.4) is 0 Å². The van der Waals surface area contributed by atoms with E-state index >= 15 is 0 Å². The lowest BCUT2D eigenvalue weighted by Gasteiger charge is -2.39. The van der Waals surface area contributed by atoms with Gasteiger partial charge in [0.2, 0.25) is 5.91 Å². The van der Waals surface area contributed by atoms with Gasteiger partial charge in [-0.1, -0.05) is 62.4 Å². The fourth-order valence-electron chi connectivity index (χ4n) is 3.99. The molecule has 2 atom stereocenters. The van der Waals surface area contributed by atoms with Gasteiger partial charge in [-0.3, -0.25) is 14.4 Å². The monoisotopic (exact) mass is 439 g/mol. The lowest BCUT2D eigenvalue weighted by atomic mass is 9.81. The van der Waals surface area contributed by atoms with Crippen LogP contribution in [0.5, 0.6) is 0 Å². The van der Waals surface area contributed by atoms with E-state index in [9.17, 15) is 14.4 Å². The summed E-state index contributed by atoms with van der Waals surface area (Å²) in [5.74, 6) is -0.699. The van der Waals surface area contributed by atoms with E-state index in [2.05, 4.69) is 13.8 Å². The van der Waals surface area contributed by atoms with Gasteiger partial charge in [-0.05, 0) is 42.4 Å². The Kier molecular flexibility index (Phi) is 7.55. The van der Waals surface area contributed by atoms with Crippen molar-refractivity contribution in [3.8, 4) is 0 Å². The third kappa shape index (κ3) is 5.56. The lowest BCUT2D eigenvalue weighted by Crippen LogP contribution is -2.47. The van der Waals surface area contributed by atoms with Gasteiger partial charge in [0.05, 0.1) is 6.42 Å². The number of carbonyl (C=O) groups excluding carboxylic acids is 3. The highest BCUT2D eigenvalue weighted by Gasteiger charge is 2.48. The minimum Gasteiger partial charge on any atom is -0.453 e. The average Bonchev–Trinajstić information content (AvgIpc) is 2.74. The molecular formula is C25H29NO4S. The first-order chi connectivity index (χ1) is 14.8. The summed E-state index contributed by atoms with van der Waals surface area (Å²) in [6, 6.07) is 17.3. The van der Waals surface area contributed by atoms with Gasteiger partial charge >= 0.3 is 5.97 Å². The third-order valence-electron chi connectivity index (χ3n) is 5.60. The Morgan fingerprint density at radius 2 is 1.77 bits per heavy atom. The smallest absolute Gasteiger partial charge is 0.327 e. The molecule has 1 fully saturated rings. The number of benzene rings is 2. The molecule has 0 spiro atoms. The number of amides is 1. The van der Waals surface area contributed by atoms with Gasteiger partial charge in [0.15, 0.2) is 11.0 Å². The number of ether oxygens (including phenoxy) is 1. The molecule has 6 heteroatoms. The highest BCUT2D eigenvalue weighted by atomic mass is 32.2. The number of thioether (sulfide) groups is 1. The molecule has 0 saturated carbocycles. The second kappa shape index (κ2) is 10.1. The van der Waals surface area contributed by atoms with Crippen LogP contribution in [0.25, 0.3) is 0 Å². The Balaban J connectivity index is 1.82. The van der Waals surface area contributed by atoms with Crippen LogP contribution in [0.2, 0.25) is 0 Å². The second-order valence-corrected chi connectivity index (χ2v) is 9.44. The molecule has 1 saturated heterocycles. The Morgan fingerprint density at radius 3 is 2.42 bits per heavy atom. The number of hydrogen-bond donors (Lipinski definition) is 1. The van der Waals surface area contributed by atoms with Crippen LogP contribution < -0.4 is 5.73 Å². The van der Waals surface area contributed by atoms with Gasteiger partial charge in [0.1, 0.15) is 5.60 Å². The predicted octanol–water partition coefficient (Wildman–Crippen LogP) is 4.73. The first kappa shape index (κ1) is 23.1. The van der Waals surface area contributed by atoms with E-state index in [1.165, 1.54) is 11.8 Å². The van der Waals surface area contributed by atoms with Crippen molar-refractivity contribution in [3.63, 3.8) is 0 Å². The van der Waals surface area contributed by atoms with Crippen molar-refractivity contribution in [1.82, 2.24) is 0 Å². The molecule has 0 bridgehead atoms. The van der Waals surface area contributed by atoms with Gasteiger partial charge in [0.25, 0.3) is 0 Å².